The number of sulfonamides is 1. The molecule has 1 atom stereocenters. The molecule has 0 aromatic heterocycles. The van der Waals surface area contributed by atoms with Gasteiger partial charge in [0.1, 0.15) is 4.90 Å². The van der Waals surface area contributed by atoms with Gasteiger partial charge in [-0.15, -0.1) is 12.4 Å². The summed E-state index contributed by atoms with van der Waals surface area (Å²) in [7, 11) is -4.18. The van der Waals surface area contributed by atoms with Crippen LogP contribution >= 0.6 is 12.4 Å². The van der Waals surface area contributed by atoms with Gasteiger partial charge in [0.15, 0.2) is 11.6 Å². The molecule has 0 spiro atoms. The summed E-state index contributed by atoms with van der Waals surface area (Å²) >= 11 is 0. The molecule has 0 saturated heterocycles. The number of rotatable bonds is 6. The zero-order valence-electron chi connectivity index (χ0n) is 13.9. The van der Waals surface area contributed by atoms with Crippen LogP contribution in [0.25, 0.3) is 0 Å². The van der Waals surface area contributed by atoms with Crippen molar-refractivity contribution in [2.75, 3.05) is 6.54 Å². The van der Waals surface area contributed by atoms with Crippen LogP contribution in [0, 0.1) is 11.6 Å². The molecule has 2 aromatic rings. The van der Waals surface area contributed by atoms with Crippen LogP contribution in [0.1, 0.15) is 36.9 Å². The lowest BCUT2D eigenvalue weighted by Gasteiger charge is -2.15. The van der Waals surface area contributed by atoms with Crippen molar-refractivity contribution in [2.45, 2.75) is 30.7 Å². The number of halogens is 3. The van der Waals surface area contributed by atoms with Gasteiger partial charge in [0.05, 0.1) is 0 Å². The maximum absolute atomic E-state index is 13.6. The van der Waals surface area contributed by atoms with Crippen LogP contribution in [0.5, 0.6) is 0 Å². The van der Waals surface area contributed by atoms with Crippen molar-refractivity contribution in [1.82, 2.24) is 4.72 Å². The molecule has 25 heavy (non-hydrogen) atoms. The number of nitrogens with two attached hydrogens (primary N) is 1. The van der Waals surface area contributed by atoms with Crippen LogP contribution in [-0.4, -0.2) is 15.0 Å². The Hall–Kier alpha value is -1.54. The van der Waals surface area contributed by atoms with E-state index in [1.165, 1.54) is 0 Å². The molecule has 0 aliphatic carbocycles. The molecule has 0 heterocycles. The van der Waals surface area contributed by atoms with Gasteiger partial charge < -0.3 is 5.73 Å². The van der Waals surface area contributed by atoms with Gasteiger partial charge in [-0.3, -0.25) is 0 Å². The van der Waals surface area contributed by atoms with Crippen molar-refractivity contribution >= 4 is 22.4 Å². The predicted octanol–water partition coefficient (Wildman–Crippen LogP) is 3.49. The monoisotopic (exact) mass is 390 g/mol. The number of nitrogens with one attached hydrogen (secondary N) is 1. The third kappa shape index (κ3) is 5.22. The van der Waals surface area contributed by atoms with Crippen LogP contribution < -0.4 is 10.5 Å². The van der Waals surface area contributed by atoms with Gasteiger partial charge >= 0.3 is 0 Å². The highest BCUT2D eigenvalue weighted by atomic mass is 35.5. The number of hydrogen-bond acceptors (Lipinski definition) is 3. The van der Waals surface area contributed by atoms with Gasteiger partial charge in [0.25, 0.3) is 0 Å². The minimum Gasteiger partial charge on any atom is -0.323 e. The van der Waals surface area contributed by atoms with Gasteiger partial charge in [0, 0.05) is 12.6 Å². The van der Waals surface area contributed by atoms with E-state index in [0.717, 1.165) is 29.3 Å². The van der Waals surface area contributed by atoms with Crippen LogP contribution in [0.3, 0.4) is 0 Å². The van der Waals surface area contributed by atoms with Crippen LogP contribution in [-0.2, 0) is 10.0 Å². The van der Waals surface area contributed by atoms with Crippen LogP contribution in [0.15, 0.2) is 47.4 Å². The molecule has 0 aliphatic heterocycles. The molecule has 3 N–H and O–H groups in total. The van der Waals surface area contributed by atoms with Crippen molar-refractivity contribution in [3.8, 4) is 0 Å². The van der Waals surface area contributed by atoms with Crippen LogP contribution in [0.4, 0.5) is 8.78 Å². The Kier molecular flexibility index (Phi) is 7.49. The van der Waals surface area contributed by atoms with E-state index in [1.54, 1.807) is 0 Å². The van der Waals surface area contributed by atoms with Crippen molar-refractivity contribution in [1.29, 1.82) is 0 Å². The molecule has 2 aromatic carbocycles. The normalized spacial score (nSPS) is 12.7. The van der Waals surface area contributed by atoms with Gasteiger partial charge in [-0.2, -0.15) is 0 Å². The Labute approximate surface area is 152 Å². The van der Waals surface area contributed by atoms with Crippen molar-refractivity contribution < 1.29 is 17.2 Å². The molecular formula is C17H21ClF2N2O2S. The van der Waals surface area contributed by atoms with Gasteiger partial charge in [-0.25, -0.2) is 21.9 Å². The summed E-state index contributed by atoms with van der Waals surface area (Å²) in [5.74, 6) is -2.24. The zero-order valence-corrected chi connectivity index (χ0v) is 15.5. The Bertz CT molecular complexity index is 812. The number of hydrogen-bond donors (Lipinski definition) is 2. The molecule has 0 bridgehead atoms. The van der Waals surface area contributed by atoms with E-state index >= 15 is 0 Å². The minimum absolute atomic E-state index is 0. The molecule has 4 nitrogen and oxygen atoms in total. The largest absolute Gasteiger partial charge is 0.323 e. The topological polar surface area (TPSA) is 72.2 Å². The van der Waals surface area contributed by atoms with Crippen molar-refractivity contribution in [2.24, 2.45) is 5.73 Å². The maximum Gasteiger partial charge on any atom is 0.243 e. The fraction of sp³-hybridized carbons (Fsp3) is 0.294. The Morgan fingerprint density at radius 3 is 2.16 bits per heavy atom. The van der Waals surface area contributed by atoms with E-state index in [9.17, 15) is 17.2 Å². The SMILES string of the molecule is CC(C)c1ccc(C(N)CNS(=O)(=O)c2cccc(F)c2F)cc1.Cl. The molecule has 2 rings (SSSR count). The third-order valence-electron chi connectivity index (χ3n) is 3.73. The highest BCUT2D eigenvalue weighted by Crippen LogP contribution is 2.19. The summed E-state index contributed by atoms with van der Waals surface area (Å²) in [6.45, 7) is 4.01. The quantitative estimate of drug-likeness (QED) is 0.793. The molecule has 0 aliphatic rings. The fourth-order valence-electron chi connectivity index (χ4n) is 2.21. The second kappa shape index (κ2) is 8.71. The zero-order chi connectivity index (χ0) is 17.9. The summed E-state index contributed by atoms with van der Waals surface area (Å²) < 4.78 is 53.3. The second-order valence-corrected chi connectivity index (χ2v) is 7.57. The van der Waals surface area contributed by atoms with E-state index in [-0.39, 0.29) is 19.0 Å². The van der Waals surface area contributed by atoms with Crippen LogP contribution in [0.2, 0.25) is 0 Å². The lowest BCUT2D eigenvalue weighted by molar-refractivity contribution is 0.482. The predicted molar refractivity (Wildman–Crippen MR) is 96.3 cm³/mol. The first-order valence-corrected chi connectivity index (χ1v) is 9.00. The Morgan fingerprint density at radius 1 is 1.04 bits per heavy atom. The molecule has 0 saturated carbocycles. The molecule has 138 valence electrons. The molecule has 0 amide bonds. The van der Waals surface area contributed by atoms with Gasteiger partial charge in [-0.05, 0) is 29.2 Å². The summed E-state index contributed by atoms with van der Waals surface area (Å²) in [6.07, 6.45) is 0. The minimum atomic E-state index is -4.18. The smallest absolute Gasteiger partial charge is 0.243 e. The highest BCUT2D eigenvalue weighted by molar-refractivity contribution is 7.89. The van der Waals surface area contributed by atoms with Crippen molar-refractivity contribution in [3.63, 3.8) is 0 Å². The molecule has 0 radical (unpaired) electrons. The third-order valence-corrected chi connectivity index (χ3v) is 5.17. The molecule has 0 fully saturated rings. The Balaban J connectivity index is 0.00000312. The lowest BCUT2D eigenvalue weighted by atomic mass is 9.99. The van der Waals surface area contributed by atoms with E-state index in [1.807, 2.05) is 24.3 Å². The summed E-state index contributed by atoms with van der Waals surface area (Å²) in [5.41, 5.74) is 7.88. The number of benzene rings is 2. The first kappa shape index (κ1) is 21.5. The first-order valence-electron chi connectivity index (χ1n) is 7.51. The second-order valence-electron chi connectivity index (χ2n) is 5.83. The molecular weight excluding hydrogens is 370 g/mol. The molecule has 8 heteroatoms. The standard InChI is InChI=1S/C17H20F2N2O2S.ClH/c1-11(2)12-6-8-13(9-7-12)15(20)10-21-24(22,23)16-5-3-4-14(18)17(16)19;/h3-9,11,15,21H,10,20H2,1-2H3;1H. The highest BCUT2D eigenvalue weighted by Gasteiger charge is 2.22. The van der Waals surface area contributed by atoms with E-state index in [2.05, 4.69) is 18.6 Å². The lowest BCUT2D eigenvalue weighted by Crippen LogP contribution is -2.32. The van der Waals surface area contributed by atoms with E-state index in [4.69, 9.17) is 5.73 Å². The average molecular weight is 391 g/mol. The average Bonchev–Trinajstić information content (AvgIpc) is 2.55. The first-order chi connectivity index (χ1) is 11.2. The fourth-order valence-corrected chi connectivity index (χ4v) is 3.36. The Morgan fingerprint density at radius 2 is 1.60 bits per heavy atom. The summed E-state index contributed by atoms with van der Waals surface area (Å²) in [4.78, 5) is -0.732. The van der Waals surface area contributed by atoms with Gasteiger partial charge in [0.2, 0.25) is 10.0 Å². The summed E-state index contributed by atoms with van der Waals surface area (Å²) in [5, 5.41) is 0. The maximum atomic E-state index is 13.6. The van der Waals surface area contributed by atoms with Gasteiger partial charge in [-0.1, -0.05) is 44.2 Å². The summed E-state index contributed by atoms with van der Waals surface area (Å²) in [6, 6.07) is 9.92. The van der Waals surface area contributed by atoms with E-state index in [0.29, 0.717) is 5.92 Å². The van der Waals surface area contributed by atoms with E-state index < -0.39 is 32.6 Å². The molecule has 1 unspecified atom stereocenters. The van der Waals surface area contributed by atoms with Crippen molar-refractivity contribution in [3.05, 3.63) is 65.2 Å².